The van der Waals surface area contributed by atoms with Gasteiger partial charge < -0.3 is 10.2 Å². The number of nitrogens with one attached hydrogen (secondary N) is 1. The van der Waals surface area contributed by atoms with E-state index < -0.39 is 0 Å². The van der Waals surface area contributed by atoms with E-state index in [1.807, 2.05) is 0 Å². The Labute approximate surface area is 97.3 Å². The SMILES string of the molecule is CN(C)C(C)(C)CNCCc1ccsc1. The number of likely N-dealkylation sites (N-methyl/N-ethyl adjacent to an activating group) is 1. The Morgan fingerprint density at radius 3 is 2.67 bits per heavy atom. The van der Waals surface area contributed by atoms with E-state index in [9.17, 15) is 0 Å². The first kappa shape index (κ1) is 12.7. The van der Waals surface area contributed by atoms with Crippen molar-refractivity contribution in [2.75, 3.05) is 27.2 Å². The first-order valence-corrected chi connectivity index (χ1v) is 6.36. The quantitative estimate of drug-likeness (QED) is 0.748. The lowest BCUT2D eigenvalue weighted by Crippen LogP contribution is -2.47. The lowest BCUT2D eigenvalue weighted by molar-refractivity contribution is 0.190. The van der Waals surface area contributed by atoms with Crippen LogP contribution in [0, 0.1) is 0 Å². The summed E-state index contributed by atoms with van der Waals surface area (Å²) >= 11 is 1.77. The van der Waals surface area contributed by atoms with Gasteiger partial charge in [-0.15, -0.1) is 0 Å². The maximum Gasteiger partial charge on any atom is 0.0271 e. The number of hydrogen-bond acceptors (Lipinski definition) is 3. The van der Waals surface area contributed by atoms with Crippen molar-refractivity contribution in [3.63, 3.8) is 0 Å². The van der Waals surface area contributed by atoms with Gasteiger partial charge in [-0.05, 0) is 63.3 Å². The van der Waals surface area contributed by atoms with Crippen molar-refractivity contribution < 1.29 is 0 Å². The zero-order valence-corrected chi connectivity index (χ0v) is 11.0. The van der Waals surface area contributed by atoms with Gasteiger partial charge in [-0.25, -0.2) is 0 Å². The van der Waals surface area contributed by atoms with Crippen LogP contribution in [-0.2, 0) is 6.42 Å². The average Bonchev–Trinajstić information content (AvgIpc) is 2.64. The van der Waals surface area contributed by atoms with E-state index in [1.54, 1.807) is 11.3 Å². The summed E-state index contributed by atoms with van der Waals surface area (Å²) in [5.41, 5.74) is 1.67. The minimum atomic E-state index is 0.231. The standard InChI is InChI=1S/C12H22N2S/c1-12(2,14(3)4)10-13-7-5-11-6-8-15-9-11/h6,8-9,13H,5,7,10H2,1-4H3. The van der Waals surface area contributed by atoms with Gasteiger partial charge in [0, 0.05) is 12.1 Å². The second-order valence-electron chi connectivity index (χ2n) is 4.77. The van der Waals surface area contributed by atoms with Gasteiger partial charge in [0.05, 0.1) is 0 Å². The number of hydrogen-bond donors (Lipinski definition) is 1. The first-order valence-electron chi connectivity index (χ1n) is 5.41. The van der Waals surface area contributed by atoms with E-state index in [2.05, 4.69) is 55.0 Å². The summed E-state index contributed by atoms with van der Waals surface area (Å²) in [5, 5.41) is 7.87. The summed E-state index contributed by atoms with van der Waals surface area (Å²) in [6.45, 7) is 6.60. The Morgan fingerprint density at radius 1 is 1.40 bits per heavy atom. The molecule has 0 saturated carbocycles. The topological polar surface area (TPSA) is 15.3 Å². The van der Waals surface area contributed by atoms with Crippen molar-refractivity contribution in [1.82, 2.24) is 10.2 Å². The van der Waals surface area contributed by atoms with Gasteiger partial charge in [0.15, 0.2) is 0 Å². The molecule has 2 nitrogen and oxygen atoms in total. The first-order chi connectivity index (χ1) is 7.02. The average molecular weight is 226 g/mol. The van der Waals surface area contributed by atoms with Crippen molar-refractivity contribution in [1.29, 1.82) is 0 Å². The van der Waals surface area contributed by atoms with E-state index in [-0.39, 0.29) is 5.54 Å². The fraction of sp³-hybridized carbons (Fsp3) is 0.667. The van der Waals surface area contributed by atoms with E-state index in [0.29, 0.717) is 0 Å². The monoisotopic (exact) mass is 226 g/mol. The minimum absolute atomic E-state index is 0.231. The normalized spacial score (nSPS) is 12.3. The fourth-order valence-corrected chi connectivity index (χ4v) is 1.92. The van der Waals surface area contributed by atoms with Crippen LogP contribution in [0.4, 0.5) is 0 Å². The van der Waals surface area contributed by atoms with Crippen LogP contribution in [0.3, 0.4) is 0 Å². The third kappa shape index (κ3) is 4.33. The van der Waals surface area contributed by atoms with Crippen LogP contribution in [0.2, 0.25) is 0 Å². The van der Waals surface area contributed by atoms with Crippen molar-refractivity contribution in [3.05, 3.63) is 22.4 Å². The molecule has 0 amide bonds. The minimum Gasteiger partial charge on any atom is -0.315 e. The predicted octanol–water partition coefficient (Wildman–Crippen LogP) is 2.22. The largest absolute Gasteiger partial charge is 0.315 e. The molecule has 0 atom stereocenters. The zero-order chi connectivity index (χ0) is 11.3. The molecule has 1 heterocycles. The molecule has 0 aliphatic rings. The summed E-state index contributed by atoms with van der Waals surface area (Å²) in [7, 11) is 4.25. The molecule has 0 aliphatic heterocycles. The summed E-state index contributed by atoms with van der Waals surface area (Å²) < 4.78 is 0. The van der Waals surface area contributed by atoms with Crippen molar-refractivity contribution in [2.45, 2.75) is 25.8 Å². The van der Waals surface area contributed by atoms with Crippen LogP contribution < -0.4 is 5.32 Å². The third-order valence-electron chi connectivity index (χ3n) is 2.94. The van der Waals surface area contributed by atoms with Gasteiger partial charge in [0.2, 0.25) is 0 Å². The molecule has 3 heteroatoms. The lowest BCUT2D eigenvalue weighted by Gasteiger charge is -2.32. The molecular weight excluding hydrogens is 204 g/mol. The molecule has 0 spiro atoms. The Bertz CT molecular complexity index is 265. The summed E-state index contributed by atoms with van der Waals surface area (Å²) in [6.07, 6.45) is 1.13. The molecule has 0 saturated heterocycles. The highest BCUT2D eigenvalue weighted by Gasteiger charge is 2.18. The third-order valence-corrected chi connectivity index (χ3v) is 3.67. The molecule has 1 rings (SSSR count). The van der Waals surface area contributed by atoms with E-state index in [1.165, 1.54) is 5.56 Å². The van der Waals surface area contributed by atoms with Gasteiger partial charge in [-0.2, -0.15) is 11.3 Å². The number of thiophene rings is 1. The van der Waals surface area contributed by atoms with Gasteiger partial charge in [-0.1, -0.05) is 0 Å². The maximum atomic E-state index is 3.51. The molecule has 0 radical (unpaired) electrons. The number of rotatable bonds is 6. The molecular formula is C12H22N2S. The molecule has 1 aromatic heterocycles. The Kier molecular flexibility index (Phi) is 4.77. The van der Waals surface area contributed by atoms with Gasteiger partial charge in [-0.3, -0.25) is 0 Å². The molecule has 0 fully saturated rings. The highest BCUT2D eigenvalue weighted by atomic mass is 32.1. The van der Waals surface area contributed by atoms with Crippen LogP contribution in [-0.4, -0.2) is 37.6 Å². The Hall–Kier alpha value is -0.380. The molecule has 15 heavy (non-hydrogen) atoms. The second-order valence-corrected chi connectivity index (χ2v) is 5.55. The lowest BCUT2D eigenvalue weighted by atomic mass is 10.0. The Balaban J connectivity index is 2.17. The van der Waals surface area contributed by atoms with Crippen molar-refractivity contribution >= 4 is 11.3 Å². The van der Waals surface area contributed by atoms with Crippen LogP contribution >= 0.6 is 11.3 Å². The smallest absolute Gasteiger partial charge is 0.0271 e. The predicted molar refractivity (Wildman–Crippen MR) is 68.7 cm³/mol. The second kappa shape index (κ2) is 5.64. The van der Waals surface area contributed by atoms with E-state index in [4.69, 9.17) is 0 Å². The maximum absolute atomic E-state index is 3.51. The highest BCUT2D eigenvalue weighted by molar-refractivity contribution is 7.07. The zero-order valence-electron chi connectivity index (χ0n) is 10.2. The molecule has 0 aromatic carbocycles. The molecule has 1 N–H and O–H groups in total. The van der Waals surface area contributed by atoms with Gasteiger partial charge in [0.1, 0.15) is 0 Å². The van der Waals surface area contributed by atoms with Crippen LogP contribution in [0.1, 0.15) is 19.4 Å². The molecule has 1 aromatic rings. The van der Waals surface area contributed by atoms with Gasteiger partial charge in [0.25, 0.3) is 0 Å². The summed E-state index contributed by atoms with van der Waals surface area (Å²) in [6, 6.07) is 2.20. The molecule has 86 valence electrons. The Morgan fingerprint density at radius 2 is 2.13 bits per heavy atom. The summed E-state index contributed by atoms with van der Waals surface area (Å²) in [4.78, 5) is 2.25. The fourth-order valence-electron chi connectivity index (χ4n) is 1.22. The van der Waals surface area contributed by atoms with Crippen LogP contribution in [0.15, 0.2) is 16.8 Å². The van der Waals surface area contributed by atoms with Crippen molar-refractivity contribution in [3.8, 4) is 0 Å². The summed E-state index contributed by atoms with van der Waals surface area (Å²) in [5.74, 6) is 0. The van der Waals surface area contributed by atoms with Crippen molar-refractivity contribution in [2.24, 2.45) is 0 Å². The molecule has 0 bridgehead atoms. The number of nitrogens with zero attached hydrogens (tertiary/aromatic N) is 1. The van der Waals surface area contributed by atoms with Crippen LogP contribution in [0.5, 0.6) is 0 Å². The molecule has 0 unspecified atom stereocenters. The van der Waals surface area contributed by atoms with Gasteiger partial charge >= 0.3 is 0 Å². The highest BCUT2D eigenvalue weighted by Crippen LogP contribution is 2.08. The van der Waals surface area contributed by atoms with Crippen LogP contribution in [0.25, 0.3) is 0 Å². The van der Waals surface area contributed by atoms with E-state index >= 15 is 0 Å². The molecule has 0 aliphatic carbocycles. The van der Waals surface area contributed by atoms with E-state index in [0.717, 1.165) is 19.5 Å².